The van der Waals surface area contributed by atoms with E-state index in [1.807, 2.05) is 62.2 Å². The molecule has 0 spiro atoms. The predicted octanol–water partition coefficient (Wildman–Crippen LogP) is 4.09. The molecule has 0 fully saturated rings. The smallest absolute Gasteiger partial charge is 0.235 e. The minimum absolute atomic E-state index is 0.0220. The summed E-state index contributed by atoms with van der Waals surface area (Å²) in [6.45, 7) is 6.23. The molecule has 0 bridgehead atoms. The van der Waals surface area contributed by atoms with Crippen LogP contribution < -0.4 is 5.32 Å². The number of carbonyl (C=O) groups is 1. The lowest BCUT2D eigenvalue weighted by atomic mass is 9.90. The molecule has 1 atom stereocenters. The number of likely N-dealkylation sites (N-methyl/N-ethyl adjacent to an activating group) is 1. The summed E-state index contributed by atoms with van der Waals surface area (Å²) in [5.41, 5.74) is 0.0763. The van der Waals surface area contributed by atoms with Gasteiger partial charge in [-0.05, 0) is 56.3 Å². The van der Waals surface area contributed by atoms with E-state index in [-0.39, 0.29) is 18.4 Å². The van der Waals surface area contributed by atoms with Crippen LogP contribution in [0.25, 0.3) is 11.3 Å². The molecule has 1 aromatic heterocycles. The topological polar surface area (TPSA) is 69.3 Å². The summed E-state index contributed by atoms with van der Waals surface area (Å²) in [5, 5.41) is 12.8. The molecule has 0 aliphatic rings. The summed E-state index contributed by atoms with van der Waals surface area (Å²) >= 11 is 5.90. The van der Waals surface area contributed by atoms with Crippen molar-refractivity contribution in [1.82, 2.24) is 10.2 Å². The zero-order valence-corrected chi connectivity index (χ0v) is 16.3. The fourth-order valence-corrected chi connectivity index (χ4v) is 2.56. The van der Waals surface area contributed by atoms with Gasteiger partial charge in [-0.2, -0.15) is 5.26 Å². The van der Waals surface area contributed by atoms with E-state index in [9.17, 15) is 10.1 Å². The number of amides is 1. The normalized spacial score (nSPS) is 13.5. The lowest BCUT2D eigenvalue weighted by Crippen LogP contribution is -2.51. The fraction of sp³-hybridized carbons (Fsp3) is 0.400. The Bertz CT molecular complexity index is 792. The number of nitrogens with one attached hydrogen (secondary N) is 1. The van der Waals surface area contributed by atoms with Gasteiger partial charge >= 0.3 is 0 Å². The van der Waals surface area contributed by atoms with E-state index in [0.717, 1.165) is 17.1 Å². The van der Waals surface area contributed by atoms with Gasteiger partial charge < -0.3 is 9.73 Å². The molecule has 0 aliphatic carbocycles. The van der Waals surface area contributed by atoms with Gasteiger partial charge in [-0.1, -0.05) is 25.4 Å². The molecular formula is C20H24ClN3O2. The van der Waals surface area contributed by atoms with Crippen LogP contribution >= 0.6 is 11.6 Å². The number of hydrogen-bond donors (Lipinski definition) is 1. The first-order valence-corrected chi connectivity index (χ1v) is 8.87. The van der Waals surface area contributed by atoms with Crippen LogP contribution in [-0.2, 0) is 11.3 Å². The van der Waals surface area contributed by atoms with Crippen LogP contribution in [-0.4, -0.2) is 29.9 Å². The highest BCUT2D eigenvalue weighted by molar-refractivity contribution is 6.30. The van der Waals surface area contributed by atoms with Crippen LogP contribution in [0.3, 0.4) is 0 Å². The van der Waals surface area contributed by atoms with Crippen molar-refractivity contribution < 1.29 is 9.21 Å². The largest absolute Gasteiger partial charge is 0.460 e. The molecule has 0 saturated carbocycles. The predicted molar refractivity (Wildman–Crippen MR) is 102 cm³/mol. The van der Waals surface area contributed by atoms with Crippen LogP contribution in [0.2, 0.25) is 5.02 Å². The summed E-state index contributed by atoms with van der Waals surface area (Å²) in [6, 6.07) is 13.4. The van der Waals surface area contributed by atoms with E-state index in [4.69, 9.17) is 16.0 Å². The Morgan fingerprint density at radius 3 is 2.54 bits per heavy atom. The van der Waals surface area contributed by atoms with Crippen molar-refractivity contribution >= 4 is 17.5 Å². The van der Waals surface area contributed by atoms with Crippen molar-refractivity contribution in [2.45, 2.75) is 32.9 Å². The molecule has 5 nitrogen and oxygen atoms in total. The fourth-order valence-electron chi connectivity index (χ4n) is 2.43. The number of nitriles is 1. The number of hydrogen-bond acceptors (Lipinski definition) is 4. The van der Waals surface area contributed by atoms with Gasteiger partial charge in [0.25, 0.3) is 0 Å². The summed E-state index contributed by atoms with van der Waals surface area (Å²) in [6.07, 6.45) is 0. The highest BCUT2D eigenvalue weighted by atomic mass is 35.5. The summed E-state index contributed by atoms with van der Waals surface area (Å²) in [4.78, 5) is 14.1. The molecule has 1 heterocycles. The first-order valence-electron chi connectivity index (χ1n) is 8.49. The SMILES string of the molecule is CC(C)[C@@](C)(C#N)NC(=O)CN(C)Cc1ccc(-c2ccc(Cl)cc2)o1. The lowest BCUT2D eigenvalue weighted by molar-refractivity contribution is -0.123. The van der Waals surface area contributed by atoms with Crippen LogP contribution in [0.5, 0.6) is 0 Å². The first-order chi connectivity index (χ1) is 12.2. The maximum Gasteiger partial charge on any atom is 0.235 e. The zero-order valence-electron chi connectivity index (χ0n) is 15.5. The van der Waals surface area contributed by atoms with Gasteiger partial charge in [-0.3, -0.25) is 9.69 Å². The second kappa shape index (κ2) is 8.39. The quantitative estimate of drug-likeness (QED) is 0.793. The minimum Gasteiger partial charge on any atom is -0.460 e. The third kappa shape index (κ3) is 5.10. The van der Waals surface area contributed by atoms with E-state index >= 15 is 0 Å². The molecule has 2 rings (SSSR count). The molecule has 0 saturated heterocycles. The van der Waals surface area contributed by atoms with Crippen molar-refractivity contribution in [3.63, 3.8) is 0 Å². The monoisotopic (exact) mass is 373 g/mol. The van der Waals surface area contributed by atoms with Crippen LogP contribution in [0.1, 0.15) is 26.5 Å². The molecule has 0 unspecified atom stereocenters. The molecule has 0 aliphatic heterocycles. The van der Waals surface area contributed by atoms with Gasteiger partial charge in [0.2, 0.25) is 5.91 Å². The minimum atomic E-state index is -0.871. The van der Waals surface area contributed by atoms with E-state index in [0.29, 0.717) is 11.6 Å². The number of nitrogens with zero attached hydrogens (tertiary/aromatic N) is 2. The molecule has 1 N–H and O–H groups in total. The van der Waals surface area contributed by atoms with Crippen molar-refractivity contribution in [1.29, 1.82) is 5.26 Å². The Hall–Kier alpha value is -2.29. The molecule has 2 aromatic rings. The summed E-state index contributed by atoms with van der Waals surface area (Å²) in [5.74, 6) is 1.35. The van der Waals surface area contributed by atoms with Crippen molar-refractivity contribution in [2.24, 2.45) is 5.92 Å². The van der Waals surface area contributed by atoms with Gasteiger partial charge in [-0.25, -0.2) is 0 Å². The number of benzene rings is 1. The average Bonchev–Trinajstić information content (AvgIpc) is 3.03. The second-order valence-corrected chi connectivity index (χ2v) is 7.40. The van der Waals surface area contributed by atoms with E-state index < -0.39 is 5.54 Å². The van der Waals surface area contributed by atoms with Crippen LogP contribution in [0.4, 0.5) is 0 Å². The third-order valence-electron chi connectivity index (χ3n) is 4.42. The van der Waals surface area contributed by atoms with Gasteiger partial charge in [0.1, 0.15) is 17.1 Å². The summed E-state index contributed by atoms with van der Waals surface area (Å²) < 4.78 is 5.85. The van der Waals surface area contributed by atoms with E-state index in [2.05, 4.69) is 11.4 Å². The van der Waals surface area contributed by atoms with Gasteiger partial charge in [0, 0.05) is 10.6 Å². The Morgan fingerprint density at radius 1 is 1.31 bits per heavy atom. The number of rotatable bonds is 7. The van der Waals surface area contributed by atoms with Crippen molar-refractivity contribution in [2.75, 3.05) is 13.6 Å². The number of halogens is 1. The zero-order chi connectivity index (χ0) is 19.3. The molecule has 1 amide bonds. The van der Waals surface area contributed by atoms with E-state index in [1.165, 1.54) is 0 Å². The first kappa shape index (κ1) is 20.0. The van der Waals surface area contributed by atoms with Gasteiger partial charge in [0.05, 0.1) is 19.2 Å². The molecule has 138 valence electrons. The molecule has 0 radical (unpaired) electrons. The lowest BCUT2D eigenvalue weighted by Gasteiger charge is -2.28. The van der Waals surface area contributed by atoms with Gasteiger partial charge in [-0.15, -0.1) is 0 Å². The van der Waals surface area contributed by atoms with Crippen molar-refractivity contribution in [3.8, 4) is 17.4 Å². The van der Waals surface area contributed by atoms with Crippen molar-refractivity contribution in [3.05, 3.63) is 47.2 Å². The second-order valence-electron chi connectivity index (χ2n) is 6.96. The van der Waals surface area contributed by atoms with Gasteiger partial charge in [0.15, 0.2) is 0 Å². The molecule has 1 aromatic carbocycles. The highest BCUT2D eigenvalue weighted by Crippen LogP contribution is 2.24. The maximum absolute atomic E-state index is 12.2. The molecular weight excluding hydrogens is 350 g/mol. The highest BCUT2D eigenvalue weighted by Gasteiger charge is 2.30. The van der Waals surface area contributed by atoms with Crippen LogP contribution in [0.15, 0.2) is 40.8 Å². The Kier molecular flexibility index (Phi) is 6.47. The Balaban J connectivity index is 1.94. The van der Waals surface area contributed by atoms with Crippen LogP contribution in [0, 0.1) is 17.2 Å². The standard InChI is InChI=1S/C20H24ClN3O2/c1-14(2)20(3,13-22)23-19(25)12-24(4)11-17-9-10-18(26-17)15-5-7-16(21)8-6-15/h5-10,14H,11-12H2,1-4H3,(H,23,25)/t20-/m1/s1. The maximum atomic E-state index is 12.2. The average molecular weight is 374 g/mol. The number of carbonyl (C=O) groups excluding carboxylic acids is 1. The Labute approximate surface area is 159 Å². The third-order valence-corrected chi connectivity index (χ3v) is 4.67. The number of furan rings is 1. The Morgan fingerprint density at radius 2 is 1.96 bits per heavy atom. The molecule has 6 heteroatoms. The molecule has 26 heavy (non-hydrogen) atoms. The van der Waals surface area contributed by atoms with E-state index in [1.54, 1.807) is 6.92 Å². The summed E-state index contributed by atoms with van der Waals surface area (Å²) in [7, 11) is 1.84.